The Morgan fingerprint density at radius 1 is 0.912 bits per heavy atom. The number of benzene rings is 2. The number of esters is 2. The van der Waals surface area contributed by atoms with Crippen LogP contribution < -0.4 is 14.4 Å². The van der Waals surface area contributed by atoms with Crippen molar-refractivity contribution < 1.29 is 32.2 Å². The van der Waals surface area contributed by atoms with E-state index in [9.17, 15) is 18.0 Å². The van der Waals surface area contributed by atoms with E-state index in [0.29, 0.717) is 17.1 Å². The van der Waals surface area contributed by atoms with Crippen LogP contribution in [-0.4, -0.2) is 41.7 Å². The molecule has 0 saturated heterocycles. The van der Waals surface area contributed by atoms with Gasteiger partial charge in [0, 0.05) is 11.9 Å². The lowest BCUT2D eigenvalue weighted by Gasteiger charge is -2.23. The lowest BCUT2D eigenvalue weighted by Crippen LogP contribution is -2.27. The number of nitrogens with zero attached hydrogens (tertiary/aromatic N) is 1. The first-order chi connectivity index (χ1) is 16.2. The van der Waals surface area contributed by atoms with Gasteiger partial charge < -0.3 is 19.1 Å². The normalized spacial score (nSPS) is 13.4. The zero-order chi connectivity index (χ0) is 24.9. The number of carbonyl (C=O) groups is 2. The fourth-order valence-corrected chi connectivity index (χ4v) is 4.32. The molecule has 0 aliphatic carbocycles. The topological polar surface area (TPSA) is 111 Å². The minimum Gasteiger partial charge on any atom is -0.495 e. The second-order valence-electron chi connectivity index (χ2n) is 7.12. The number of hydrogen-bond donors (Lipinski definition) is 1. The highest BCUT2D eigenvalue weighted by atomic mass is 32.2. The van der Waals surface area contributed by atoms with Gasteiger partial charge in [0.2, 0.25) is 0 Å². The minimum atomic E-state index is -3.94. The maximum atomic E-state index is 13.0. The second kappa shape index (κ2) is 10.3. The third kappa shape index (κ3) is 5.12. The van der Waals surface area contributed by atoms with E-state index in [2.05, 4.69) is 4.72 Å². The molecule has 0 bridgehead atoms. The van der Waals surface area contributed by atoms with Crippen LogP contribution in [0.25, 0.3) is 0 Å². The Kier molecular flexibility index (Phi) is 7.42. The van der Waals surface area contributed by atoms with Crippen LogP contribution in [0.1, 0.15) is 5.56 Å². The summed E-state index contributed by atoms with van der Waals surface area (Å²) in [5, 5.41) is 0. The molecule has 3 rings (SSSR count). The number of carbonyl (C=O) groups excluding carboxylic acids is 2. The minimum absolute atomic E-state index is 0.00600. The third-order valence-corrected chi connectivity index (χ3v) is 6.30. The van der Waals surface area contributed by atoms with Crippen molar-refractivity contribution in [2.45, 2.75) is 11.8 Å². The Labute approximate surface area is 198 Å². The van der Waals surface area contributed by atoms with Gasteiger partial charge in [-0.1, -0.05) is 12.1 Å². The predicted octanol–water partition coefficient (Wildman–Crippen LogP) is 3.29. The van der Waals surface area contributed by atoms with E-state index in [1.54, 1.807) is 30.5 Å². The predicted molar refractivity (Wildman–Crippen MR) is 127 cm³/mol. The smallest absolute Gasteiger partial charge is 0.355 e. The van der Waals surface area contributed by atoms with Crippen LogP contribution in [0.2, 0.25) is 0 Å². The van der Waals surface area contributed by atoms with E-state index >= 15 is 0 Å². The lowest BCUT2D eigenvalue weighted by molar-refractivity contribution is -0.139. The van der Waals surface area contributed by atoms with E-state index in [4.69, 9.17) is 14.2 Å². The standard InChI is InChI=1S/C24H24N2O7S/c1-16-8-13-21(31-2)20(15-16)25-34(29,30)18-11-9-17(10-12-18)26-14-6-5-7-19(23(27)32-3)22(26)24(28)33-4/h5-15,25H,1-4H3. The largest absolute Gasteiger partial charge is 0.495 e. The molecule has 0 fully saturated rings. The van der Waals surface area contributed by atoms with E-state index in [-0.39, 0.29) is 16.2 Å². The summed E-state index contributed by atoms with van der Waals surface area (Å²) in [5.74, 6) is -1.10. The number of nitrogens with one attached hydrogen (secondary N) is 1. The summed E-state index contributed by atoms with van der Waals surface area (Å²) < 4.78 is 43.4. The highest BCUT2D eigenvalue weighted by Gasteiger charge is 2.27. The molecule has 0 atom stereocenters. The first kappa shape index (κ1) is 24.6. The summed E-state index contributed by atoms with van der Waals surface area (Å²) in [5.41, 5.74) is 1.52. The number of aryl methyl sites for hydroxylation is 1. The SMILES string of the molecule is COC(=O)C1=C(C(=O)OC)N(c2ccc(S(=O)(=O)Nc3cc(C)ccc3OC)cc2)C=CC=C1. The van der Waals surface area contributed by atoms with Crippen LogP contribution in [0.4, 0.5) is 11.4 Å². The van der Waals surface area contributed by atoms with Gasteiger partial charge in [0.1, 0.15) is 11.4 Å². The van der Waals surface area contributed by atoms with Gasteiger partial charge in [0.05, 0.1) is 37.5 Å². The molecule has 9 nitrogen and oxygen atoms in total. The van der Waals surface area contributed by atoms with Crippen molar-refractivity contribution in [1.29, 1.82) is 0 Å². The van der Waals surface area contributed by atoms with Gasteiger partial charge in [-0.05, 0) is 61.0 Å². The number of hydrogen-bond acceptors (Lipinski definition) is 8. The molecule has 178 valence electrons. The zero-order valence-corrected chi connectivity index (χ0v) is 19.9. The molecule has 1 aliphatic heterocycles. The molecule has 1 heterocycles. The summed E-state index contributed by atoms with van der Waals surface area (Å²) in [6.07, 6.45) is 6.19. The molecule has 1 N–H and O–H groups in total. The molecule has 0 amide bonds. The number of ether oxygens (including phenoxy) is 3. The van der Waals surface area contributed by atoms with Crippen molar-refractivity contribution >= 4 is 33.3 Å². The fourth-order valence-electron chi connectivity index (χ4n) is 3.26. The maximum Gasteiger partial charge on any atom is 0.355 e. The van der Waals surface area contributed by atoms with Crippen molar-refractivity contribution in [3.63, 3.8) is 0 Å². The Morgan fingerprint density at radius 3 is 2.21 bits per heavy atom. The molecular formula is C24H24N2O7S. The average molecular weight is 485 g/mol. The van der Waals surface area contributed by atoms with Crippen LogP contribution in [-0.2, 0) is 29.1 Å². The van der Waals surface area contributed by atoms with E-state index in [1.165, 1.54) is 56.6 Å². The molecule has 2 aromatic carbocycles. The zero-order valence-electron chi connectivity index (χ0n) is 19.1. The molecule has 2 aromatic rings. The van der Waals surface area contributed by atoms with E-state index in [1.807, 2.05) is 13.0 Å². The molecule has 34 heavy (non-hydrogen) atoms. The molecular weight excluding hydrogens is 460 g/mol. The summed E-state index contributed by atoms with van der Waals surface area (Å²) in [6, 6.07) is 10.9. The average Bonchev–Trinajstić information content (AvgIpc) is 3.06. The Hall–Kier alpha value is -4.05. The van der Waals surface area contributed by atoms with Crippen molar-refractivity contribution in [2.24, 2.45) is 0 Å². The van der Waals surface area contributed by atoms with Crippen LogP contribution in [0.5, 0.6) is 5.75 Å². The van der Waals surface area contributed by atoms with Gasteiger partial charge in [0.25, 0.3) is 10.0 Å². The molecule has 0 radical (unpaired) electrons. The third-order valence-electron chi connectivity index (χ3n) is 4.91. The monoisotopic (exact) mass is 484 g/mol. The van der Waals surface area contributed by atoms with Gasteiger partial charge in [-0.2, -0.15) is 0 Å². The first-order valence-corrected chi connectivity index (χ1v) is 11.5. The van der Waals surface area contributed by atoms with E-state index < -0.39 is 22.0 Å². The van der Waals surface area contributed by atoms with Crippen molar-refractivity contribution in [2.75, 3.05) is 31.0 Å². The van der Waals surface area contributed by atoms with E-state index in [0.717, 1.165) is 5.56 Å². The molecule has 0 unspecified atom stereocenters. The van der Waals surface area contributed by atoms with Gasteiger partial charge in [0.15, 0.2) is 0 Å². The number of anilines is 2. The lowest BCUT2D eigenvalue weighted by atomic mass is 10.1. The summed E-state index contributed by atoms with van der Waals surface area (Å²) in [7, 11) is -0.0815. The van der Waals surface area contributed by atoms with Crippen LogP contribution in [0.3, 0.4) is 0 Å². The van der Waals surface area contributed by atoms with Gasteiger partial charge in [-0.25, -0.2) is 18.0 Å². The number of methoxy groups -OCH3 is 3. The Morgan fingerprint density at radius 2 is 1.59 bits per heavy atom. The molecule has 0 saturated carbocycles. The van der Waals surface area contributed by atoms with Gasteiger partial charge in [-0.3, -0.25) is 4.72 Å². The summed E-state index contributed by atoms with van der Waals surface area (Å²) >= 11 is 0. The van der Waals surface area contributed by atoms with Crippen LogP contribution in [0, 0.1) is 6.92 Å². The number of sulfonamides is 1. The first-order valence-electron chi connectivity index (χ1n) is 10.0. The molecule has 1 aliphatic rings. The molecule has 0 aromatic heterocycles. The maximum absolute atomic E-state index is 13.0. The van der Waals surface area contributed by atoms with Crippen molar-refractivity contribution in [3.8, 4) is 5.75 Å². The van der Waals surface area contributed by atoms with Gasteiger partial charge >= 0.3 is 11.9 Å². The van der Waals surface area contributed by atoms with Crippen LogP contribution in [0.15, 0.2) is 83.1 Å². The highest BCUT2D eigenvalue weighted by Crippen LogP contribution is 2.30. The van der Waals surface area contributed by atoms with Crippen molar-refractivity contribution in [3.05, 3.63) is 83.7 Å². The molecule has 10 heteroatoms. The Bertz CT molecular complexity index is 1290. The quantitative estimate of drug-likeness (QED) is 0.596. The summed E-state index contributed by atoms with van der Waals surface area (Å²) in [6.45, 7) is 1.84. The number of allylic oxidation sites excluding steroid dienone is 2. The molecule has 0 spiro atoms. The van der Waals surface area contributed by atoms with Gasteiger partial charge in [-0.15, -0.1) is 0 Å². The number of rotatable bonds is 7. The second-order valence-corrected chi connectivity index (χ2v) is 8.80. The van der Waals surface area contributed by atoms with Crippen molar-refractivity contribution in [1.82, 2.24) is 0 Å². The Balaban J connectivity index is 1.99. The summed E-state index contributed by atoms with van der Waals surface area (Å²) in [4.78, 5) is 26.2. The fraction of sp³-hybridized carbons (Fsp3) is 0.167. The highest BCUT2D eigenvalue weighted by molar-refractivity contribution is 7.92. The van der Waals surface area contributed by atoms with Crippen LogP contribution >= 0.6 is 0 Å².